The van der Waals surface area contributed by atoms with E-state index < -0.39 is 0 Å². The molecule has 18 heavy (non-hydrogen) atoms. The fourth-order valence-electron chi connectivity index (χ4n) is 2.89. The molecule has 1 saturated carbocycles. The summed E-state index contributed by atoms with van der Waals surface area (Å²) in [6, 6.07) is 9.95. The van der Waals surface area contributed by atoms with Gasteiger partial charge in [0.1, 0.15) is 0 Å². The van der Waals surface area contributed by atoms with Crippen molar-refractivity contribution in [2.24, 2.45) is 17.8 Å². The number of carbonyl (C=O) groups is 2. The molecule has 2 aliphatic rings. The number of esters is 2. The minimum Gasteiger partial charge on any atom is -0.393 e. The number of benzene rings is 1. The number of hydrogen-bond donors (Lipinski definition) is 0. The predicted octanol–water partition coefficient (Wildman–Crippen LogP) is 2.43. The average Bonchev–Trinajstić information content (AvgIpc) is 2.92. The molecule has 1 saturated heterocycles. The summed E-state index contributed by atoms with van der Waals surface area (Å²) in [5, 5.41) is 0. The van der Waals surface area contributed by atoms with Crippen LogP contribution in [0.2, 0.25) is 0 Å². The molecule has 0 radical (unpaired) electrons. The van der Waals surface area contributed by atoms with Gasteiger partial charge in [0.2, 0.25) is 0 Å². The van der Waals surface area contributed by atoms with Gasteiger partial charge >= 0.3 is 11.9 Å². The molecule has 0 bridgehead atoms. The molecule has 1 heterocycles. The molecular formula is C15H14O3. The molecule has 92 valence electrons. The summed E-state index contributed by atoms with van der Waals surface area (Å²) in [6.45, 7) is 0. The molecule has 0 amide bonds. The lowest BCUT2D eigenvalue weighted by molar-refractivity contribution is -0.154. The largest absolute Gasteiger partial charge is 0.393 e. The Morgan fingerprint density at radius 2 is 1.83 bits per heavy atom. The zero-order chi connectivity index (χ0) is 12.5. The van der Waals surface area contributed by atoms with Crippen LogP contribution in [0.15, 0.2) is 36.4 Å². The first-order valence-electron chi connectivity index (χ1n) is 6.24. The maximum atomic E-state index is 11.6. The van der Waals surface area contributed by atoms with E-state index in [1.165, 1.54) is 0 Å². The molecule has 1 aliphatic carbocycles. The lowest BCUT2D eigenvalue weighted by Crippen LogP contribution is -2.16. The molecule has 1 aromatic carbocycles. The van der Waals surface area contributed by atoms with Crippen LogP contribution in [0.5, 0.6) is 0 Å². The molecule has 2 unspecified atom stereocenters. The maximum absolute atomic E-state index is 11.6. The number of rotatable bonds is 2. The minimum atomic E-state index is -0.342. The van der Waals surface area contributed by atoms with E-state index in [2.05, 4.69) is 0 Å². The van der Waals surface area contributed by atoms with Gasteiger partial charge in [-0.15, -0.1) is 0 Å². The first-order chi connectivity index (χ1) is 8.75. The van der Waals surface area contributed by atoms with Crippen molar-refractivity contribution in [2.45, 2.75) is 12.8 Å². The van der Waals surface area contributed by atoms with Crippen LogP contribution in [-0.2, 0) is 14.3 Å². The Hall–Kier alpha value is -1.90. The van der Waals surface area contributed by atoms with E-state index in [-0.39, 0.29) is 29.7 Å². The smallest absolute Gasteiger partial charge is 0.318 e. The monoisotopic (exact) mass is 242 g/mol. The maximum Gasteiger partial charge on any atom is 0.318 e. The van der Waals surface area contributed by atoms with Crippen molar-refractivity contribution in [1.29, 1.82) is 0 Å². The molecule has 3 rings (SSSR count). The first kappa shape index (κ1) is 11.2. The van der Waals surface area contributed by atoms with Gasteiger partial charge in [-0.05, 0) is 24.3 Å². The van der Waals surface area contributed by atoms with E-state index in [1.54, 1.807) is 0 Å². The Morgan fingerprint density at radius 1 is 1.06 bits per heavy atom. The summed E-state index contributed by atoms with van der Waals surface area (Å²) in [5.41, 5.74) is 1.11. The Morgan fingerprint density at radius 3 is 2.61 bits per heavy atom. The van der Waals surface area contributed by atoms with E-state index in [0.717, 1.165) is 18.4 Å². The lowest BCUT2D eigenvalue weighted by Gasteiger charge is -2.09. The summed E-state index contributed by atoms with van der Waals surface area (Å²) in [7, 11) is 0. The highest BCUT2D eigenvalue weighted by Gasteiger charge is 2.51. The van der Waals surface area contributed by atoms with Crippen LogP contribution in [0.3, 0.4) is 0 Å². The van der Waals surface area contributed by atoms with Crippen molar-refractivity contribution >= 4 is 18.0 Å². The van der Waals surface area contributed by atoms with Crippen LogP contribution in [0.25, 0.3) is 6.08 Å². The molecule has 0 N–H and O–H groups in total. The Balaban J connectivity index is 1.77. The van der Waals surface area contributed by atoms with Gasteiger partial charge in [0.25, 0.3) is 0 Å². The topological polar surface area (TPSA) is 43.4 Å². The number of ether oxygens (including phenoxy) is 1. The van der Waals surface area contributed by atoms with Crippen LogP contribution in [0.1, 0.15) is 18.4 Å². The molecule has 0 spiro atoms. The summed E-state index contributed by atoms with van der Waals surface area (Å²) >= 11 is 0. The first-order valence-corrected chi connectivity index (χ1v) is 6.24. The average molecular weight is 242 g/mol. The number of fused-ring (bicyclic) bond motifs is 1. The third-order valence-corrected chi connectivity index (χ3v) is 3.82. The SMILES string of the molecule is O=C1OC(=O)[C@@H]2C(/C=C/c3ccccc3)CCC12. The molecular weight excluding hydrogens is 228 g/mol. The van der Waals surface area contributed by atoms with Crippen LogP contribution in [0, 0.1) is 17.8 Å². The highest BCUT2D eigenvalue weighted by atomic mass is 16.6. The minimum absolute atomic E-state index is 0.133. The number of carbonyl (C=O) groups excluding carboxylic acids is 2. The van der Waals surface area contributed by atoms with Gasteiger partial charge < -0.3 is 4.74 Å². The fourth-order valence-corrected chi connectivity index (χ4v) is 2.89. The zero-order valence-electron chi connectivity index (χ0n) is 9.91. The highest BCUT2D eigenvalue weighted by Crippen LogP contribution is 2.43. The zero-order valence-corrected chi connectivity index (χ0v) is 9.91. The number of allylic oxidation sites excluding steroid dienone is 1. The summed E-state index contributed by atoms with van der Waals surface area (Å²) < 4.78 is 4.70. The fraction of sp³-hybridized carbons (Fsp3) is 0.333. The second-order valence-electron chi connectivity index (χ2n) is 4.88. The molecule has 3 nitrogen and oxygen atoms in total. The van der Waals surface area contributed by atoms with Crippen molar-refractivity contribution in [3.63, 3.8) is 0 Å². The van der Waals surface area contributed by atoms with Gasteiger partial charge in [-0.3, -0.25) is 9.59 Å². The van der Waals surface area contributed by atoms with Gasteiger partial charge in [-0.25, -0.2) is 0 Å². The van der Waals surface area contributed by atoms with Gasteiger partial charge in [0, 0.05) is 0 Å². The van der Waals surface area contributed by atoms with Crippen LogP contribution in [0.4, 0.5) is 0 Å². The van der Waals surface area contributed by atoms with E-state index in [9.17, 15) is 9.59 Å². The highest BCUT2D eigenvalue weighted by molar-refractivity contribution is 5.97. The van der Waals surface area contributed by atoms with E-state index in [4.69, 9.17) is 4.74 Å². The molecule has 1 aliphatic heterocycles. The van der Waals surface area contributed by atoms with E-state index in [0.29, 0.717) is 0 Å². The van der Waals surface area contributed by atoms with Crippen molar-refractivity contribution < 1.29 is 14.3 Å². The lowest BCUT2D eigenvalue weighted by atomic mass is 9.91. The van der Waals surface area contributed by atoms with Crippen LogP contribution < -0.4 is 0 Å². The standard InChI is InChI=1S/C15H14O3/c16-14-12-9-8-11(13(12)15(17)18-14)7-6-10-4-2-1-3-5-10/h1-7,11-13H,8-9H2/b7-6+/t11?,12?,13-/m1/s1. The molecule has 3 atom stereocenters. The van der Waals surface area contributed by atoms with Gasteiger partial charge in [0.15, 0.2) is 0 Å². The van der Waals surface area contributed by atoms with Gasteiger partial charge in [-0.2, -0.15) is 0 Å². The summed E-state index contributed by atoms with van der Waals surface area (Å²) in [6.07, 6.45) is 5.71. The van der Waals surface area contributed by atoms with Crippen molar-refractivity contribution in [3.8, 4) is 0 Å². The van der Waals surface area contributed by atoms with Crippen molar-refractivity contribution in [3.05, 3.63) is 42.0 Å². The number of cyclic esters (lactones) is 2. The van der Waals surface area contributed by atoms with Crippen LogP contribution in [-0.4, -0.2) is 11.9 Å². The Bertz CT molecular complexity index is 504. The van der Waals surface area contributed by atoms with Crippen molar-refractivity contribution in [2.75, 3.05) is 0 Å². The predicted molar refractivity (Wildman–Crippen MR) is 66.3 cm³/mol. The number of hydrogen-bond acceptors (Lipinski definition) is 3. The summed E-state index contributed by atoms with van der Waals surface area (Å²) in [4.78, 5) is 23.0. The Kier molecular flexibility index (Phi) is 2.74. The molecule has 2 fully saturated rings. The van der Waals surface area contributed by atoms with E-state index in [1.807, 2.05) is 42.5 Å². The molecule has 3 heteroatoms. The van der Waals surface area contributed by atoms with Crippen molar-refractivity contribution in [1.82, 2.24) is 0 Å². The Labute approximate surface area is 105 Å². The van der Waals surface area contributed by atoms with Crippen LogP contribution >= 0.6 is 0 Å². The second kappa shape index (κ2) is 4.41. The second-order valence-corrected chi connectivity index (χ2v) is 4.88. The normalized spacial score (nSPS) is 30.8. The quantitative estimate of drug-likeness (QED) is 0.591. The third-order valence-electron chi connectivity index (χ3n) is 3.82. The molecule has 0 aromatic heterocycles. The summed E-state index contributed by atoms with van der Waals surface area (Å²) in [5.74, 6) is -1.000. The third kappa shape index (κ3) is 1.86. The molecule has 1 aromatic rings. The van der Waals surface area contributed by atoms with Gasteiger partial charge in [0.05, 0.1) is 11.8 Å². The van der Waals surface area contributed by atoms with Gasteiger partial charge in [-0.1, -0.05) is 42.5 Å². The van der Waals surface area contributed by atoms with E-state index >= 15 is 0 Å².